The van der Waals surface area contributed by atoms with Crippen LogP contribution in [0.4, 0.5) is 5.69 Å². The minimum Gasteiger partial charge on any atom is -0.497 e. The van der Waals surface area contributed by atoms with Crippen molar-refractivity contribution in [2.24, 2.45) is 0 Å². The van der Waals surface area contributed by atoms with Crippen molar-refractivity contribution in [2.45, 2.75) is 12.3 Å². The summed E-state index contributed by atoms with van der Waals surface area (Å²) in [6.07, 6.45) is 0.409. The predicted molar refractivity (Wildman–Crippen MR) is 95.2 cm³/mol. The molecule has 8 nitrogen and oxygen atoms in total. The van der Waals surface area contributed by atoms with E-state index >= 15 is 0 Å². The second-order valence-corrected chi connectivity index (χ2v) is 5.60. The van der Waals surface area contributed by atoms with Gasteiger partial charge in [-0.1, -0.05) is 23.4 Å². The number of benzene rings is 2. The van der Waals surface area contributed by atoms with Crippen LogP contribution in [-0.4, -0.2) is 40.8 Å². The SMILES string of the molecule is COc1cccc(C[C@@H](C(=O)Nc2cccc(OC)c2)c2nn[nH]n2)c1. The number of anilines is 1. The number of carbonyl (C=O) groups excluding carboxylic acids is 1. The van der Waals surface area contributed by atoms with Crippen molar-refractivity contribution in [2.75, 3.05) is 19.5 Å². The first-order valence-electron chi connectivity index (χ1n) is 8.01. The van der Waals surface area contributed by atoms with Crippen LogP contribution in [-0.2, 0) is 11.2 Å². The van der Waals surface area contributed by atoms with Crippen molar-refractivity contribution >= 4 is 11.6 Å². The maximum Gasteiger partial charge on any atom is 0.235 e. The van der Waals surface area contributed by atoms with Crippen LogP contribution in [0.5, 0.6) is 11.5 Å². The molecule has 0 aliphatic heterocycles. The van der Waals surface area contributed by atoms with E-state index < -0.39 is 5.92 Å². The van der Waals surface area contributed by atoms with E-state index in [1.165, 1.54) is 0 Å². The molecule has 0 spiro atoms. The smallest absolute Gasteiger partial charge is 0.235 e. The summed E-state index contributed by atoms with van der Waals surface area (Å²) >= 11 is 0. The van der Waals surface area contributed by atoms with Crippen LogP contribution in [0.15, 0.2) is 48.5 Å². The van der Waals surface area contributed by atoms with Crippen molar-refractivity contribution in [1.82, 2.24) is 20.6 Å². The Morgan fingerprint density at radius 1 is 1.12 bits per heavy atom. The molecule has 1 amide bonds. The lowest BCUT2D eigenvalue weighted by Crippen LogP contribution is -2.24. The molecule has 26 heavy (non-hydrogen) atoms. The fourth-order valence-corrected chi connectivity index (χ4v) is 2.58. The first-order valence-corrected chi connectivity index (χ1v) is 8.01. The zero-order valence-electron chi connectivity index (χ0n) is 14.5. The fourth-order valence-electron chi connectivity index (χ4n) is 2.58. The van der Waals surface area contributed by atoms with Gasteiger partial charge < -0.3 is 14.8 Å². The summed E-state index contributed by atoms with van der Waals surface area (Å²) in [7, 11) is 3.18. The predicted octanol–water partition coefficient (Wildman–Crippen LogP) is 2.18. The Morgan fingerprint density at radius 2 is 1.85 bits per heavy atom. The van der Waals surface area contributed by atoms with Gasteiger partial charge in [0.2, 0.25) is 5.91 Å². The number of hydrogen-bond acceptors (Lipinski definition) is 6. The first kappa shape index (κ1) is 17.4. The van der Waals surface area contributed by atoms with E-state index in [0.29, 0.717) is 23.7 Å². The van der Waals surface area contributed by atoms with Crippen molar-refractivity contribution in [1.29, 1.82) is 0 Å². The lowest BCUT2D eigenvalue weighted by molar-refractivity contribution is -0.117. The Labute approximate surface area is 150 Å². The number of ether oxygens (including phenoxy) is 2. The van der Waals surface area contributed by atoms with E-state index in [0.717, 1.165) is 11.3 Å². The number of carbonyl (C=O) groups is 1. The Hall–Kier alpha value is -3.42. The lowest BCUT2D eigenvalue weighted by Gasteiger charge is -2.15. The molecule has 0 saturated heterocycles. The summed E-state index contributed by atoms with van der Waals surface area (Å²) in [5.74, 6) is 0.872. The monoisotopic (exact) mass is 353 g/mol. The van der Waals surface area contributed by atoms with Crippen LogP contribution in [0.1, 0.15) is 17.3 Å². The van der Waals surface area contributed by atoms with Crippen molar-refractivity contribution in [3.8, 4) is 11.5 Å². The third-order valence-corrected chi connectivity index (χ3v) is 3.90. The van der Waals surface area contributed by atoms with Gasteiger partial charge in [-0.2, -0.15) is 5.21 Å². The number of nitrogens with zero attached hydrogens (tertiary/aromatic N) is 3. The molecule has 134 valence electrons. The maximum atomic E-state index is 12.9. The number of H-pyrrole nitrogens is 1. The third kappa shape index (κ3) is 4.15. The molecule has 3 aromatic rings. The number of aromatic nitrogens is 4. The number of nitrogens with one attached hydrogen (secondary N) is 2. The van der Waals surface area contributed by atoms with Gasteiger partial charge in [-0.3, -0.25) is 4.79 Å². The maximum absolute atomic E-state index is 12.9. The summed E-state index contributed by atoms with van der Waals surface area (Å²) in [6, 6.07) is 14.7. The lowest BCUT2D eigenvalue weighted by atomic mass is 9.97. The standard InChI is InChI=1S/C18H19N5O3/c1-25-14-7-3-5-12(9-14)10-16(17-20-22-23-21-17)18(24)19-13-6-4-8-15(11-13)26-2/h3-9,11,16H,10H2,1-2H3,(H,19,24)(H,20,21,22,23)/t16-/m1/s1. The van der Waals surface area contributed by atoms with Crippen molar-refractivity contribution in [3.63, 3.8) is 0 Å². The molecule has 1 atom stereocenters. The Balaban J connectivity index is 1.82. The number of methoxy groups -OCH3 is 2. The number of rotatable bonds is 7. The van der Waals surface area contributed by atoms with E-state index in [4.69, 9.17) is 9.47 Å². The molecule has 0 aliphatic rings. The summed E-state index contributed by atoms with van der Waals surface area (Å²) in [6.45, 7) is 0. The molecule has 8 heteroatoms. The normalized spacial score (nSPS) is 11.6. The molecule has 3 rings (SSSR count). The van der Waals surface area contributed by atoms with Crippen molar-refractivity contribution < 1.29 is 14.3 Å². The van der Waals surface area contributed by atoms with Crippen LogP contribution < -0.4 is 14.8 Å². The summed E-state index contributed by atoms with van der Waals surface area (Å²) in [5.41, 5.74) is 1.56. The van der Waals surface area contributed by atoms with Gasteiger partial charge in [0.05, 0.1) is 14.2 Å². The quantitative estimate of drug-likeness (QED) is 0.675. The van der Waals surface area contributed by atoms with Gasteiger partial charge >= 0.3 is 0 Å². The average Bonchev–Trinajstić information content (AvgIpc) is 3.20. The molecular weight excluding hydrogens is 334 g/mol. The number of tetrazole rings is 1. The van der Waals surface area contributed by atoms with Crippen LogP contribution in [0.25, 0.3) is 0 Å². The molecule has 0 unspecified atom stereocenters. The van der Waals surface area contributed by atoms with E-state index in [-0.39, 0.29) is 5.91 Å². The molecule has 0 radical (unpaired) electrons. The third-order valence-electron chi connectivity index (χ3n) is 3.90. The number of aromatic amines is 1. The van der Waals surface area contributed by atoms with Gasteiger partial charge in [-0.15, -0.1) is 10.2 Å². The van der Waals surface area contributed by atoms with Crippen molar-refractivity contribution in [3.05, 3.63) is 59.9 Å². The van der Waals surface area contributed by atoms with Crippen LogP contribution in [0, 0.1) is 0 Å². The van der Waals surface area contributed by atoms with Crippen LogP contribution in [0.2, 0.25) is 0 Å². The minimum atomic E-state index is -0.605. The van der Waals surface area contributed by atoms with E-state index in [2.05, 4.69) is 25.9 Å². The summed E-state index contributed by atoms with van der Waals surface area (Å²) < 4.78 is 10.4. The molecule has 2 aromatic carbocycles. The Kier molecular flexibility index (Phi) is 5.43. The molecular formula is C18H19N5O3. The van der Waals surface area contributed by atoms with Gasteiger partial charge in [0.1, 0.15) is 17.4 Å². The topological polar surface area (TPSA) is 102 Å². The Morgan fingerprint density at radius 3 is 2.54 bits per heavy atom. The van der Waals surface area contributed by atoms with Gasteiger partial charge in [-0.25, -0.2) is 0 Å². The van der Waals surface area contributed by atoms with Crippen LogP contribution in [0.3, 0.4) is 0 Å². The highest BCUT2D eigenvalue weighted by Crippen LogP contribution is 2.23. The molecule has 0 saturated carbocycles. The highest BCUT2D eigenvalue weighted by Gasteiger charge is 2.25. The largest absolute Gasteiger partial charge is 0.497 e. The van der Waals surface area contributed by atoms with Crippen LogP contribution >= 0.6 is 0 Å². The van der Waals surface area contributed by atoms with E-state index in [1.54, 1.807) is 32.4 Å². The summed E-state index contributed by atoms with van der Waals surface area (Å²) in [4.78, 5) is 12.9. The first-order chi connectivity index (χ1) is 12.7. The average molecular weight is 353 g/mol. The zero-order chi connectivity index (χ0) is 18.4. The molecule has 1 aromatic heterocycles. The molecule has 0 fully saturated rings. The second kappa shape index (κ2) is 8.11. The van der Waals surface area contributed by atoms with Gasteiger partial charge in [0, 0.05) is 11.8 Å². The molecule has 0 bridgehead atoms. The molecule has 1 heterocycles. The molecule has 2 N–H and O–H groups in total. The van der Waals surface area contributed by atoms with Gasteiger partial charge in [0.15, 0.2) is 5.82 Å². The zero-order valence-corrected chi connectivity index (χ0v) is 14.5. The van der Waals surface area contributed by atoms with Gasteiger partial charge in [0.25, 0.3) is 0 Å². The number of hydrogen-bond donors (Lipinski definition) is 2. The molecule has 0 aliphatic carbocycles. The van der Waals surface area contributed by atoms with E-state index in [9.17, 15) is 4.79 Å². The highest BCUT2D eigenvalue weighted by molar-refractivity contribution is 5.95. The second-order valence-electron chi connectivity index (χ2n) is 5.60. The summed E-state index contributed by atoms with van der Waals surface area (Å²) in [5, 5.41) is 16.8. The minimum absolute atomic E-state index is 0.234. The van der Waals surface area contributed by atoms with E-state index in [1.807, 2.05) is 30.3 Å². The number of amides is 1. The highest BCUT2D eigenvalue weighted by atomic mass is 16.5. The fraction of sp³-hybridized carbons (Fsp3) is 0.222. The van der Waals surface area contributed by atoms with Gasteiger partial charge in [-0.05, 0) is 36.2 Å². The Bertz CT molecular complexity index is 867.